The van der Waals surface area contributed by atoms with E-state index in [0.29, 0.717) is 6.61 Å². The molecule has 0 bridgehead atoms. The fraction of sp³-hybridized carbons (Fsp3) is 0.750. The minimum absolute atomic E-state index is 0.326. The van der Waals surface area contributed by atoms with Crippen LogP contribution in [0.1, 0.15) is 13.8 Å². The molecule has 0 saturated carbocycles. The van der Waals surface area contributed by atoms with Gasteiger partial charge in [0.05, 0.1) is 19.6 Å². The second-order valence-corrected chi connectivity index (χ2v) is 3.81. The summed E-state index contributed by atoms with van der Waals surface area (Å²) >= 11 is 1.88. The van der Waals surface area contributed by atoms with Gasteiger partial charge in [-0.2, -0.15) is 0 Å². The maximum absolute atomic E-state index is 11.2. The highest BCUT2D eigenvalue weighted by atomic mass is 127. The number of rotatable bonds is 4. The zero-order valence-electron chi connectivity index (χ0n) is 7.87. The van der Waals surface area contributed by atoms with E-state index in [9.17, 15) is 9.59 Å². The number of alkyl halides is 1. The number of methoxy groups -OCH3 is 1. The van der Waals surface area contributed by atoms with Gasteiger partial charge in [-0.1, -0.05) is 29.5 Å². The van der Waals surface area contributed by atoms with Gasteiger partial charge in [0.2, 0.25) is 0 Å². The van der Waals surface area contributed by atoms with Gasteiger partial charge in [0.1, 0.15) is 3.92 Å². The van der Waals surface area contributed by atoms with Gasteiger partial charge in [0.15, 0.2) is 0 Å². The monoisotopic (exact) mass is 300 g/mol. The first kappa shape index (κ1) is 12.7. The fourth-order valence-electron chi connectivity index (χ4n) is 0.731. The molecule has 0 saturated heterocycles. The number of carbonyl (C=O) groups excluding carboxylic acids is 2. The number of ether oxygens (including phenoxy) is 2. The minimum Gasteiger partial charge on any atom is -0.469 e. The van der Waals surface area contributed by atoms with Crippen LogP contribution in [0.3, 0.4) is 0 Å². The number of hydrogen-bond acceptors (Lipinski definition) is 4. The first-order chi connectivity index (χ1) is 6.04. The largest absolute Gasteiger partial charge is 0.469 e. The molecule has 76 valence electrons. The molecule has 4 nitrogen and oxygen atoms in total. The molecule has 0 aliphatic heterocycles. The summed E-state index contributed by atoms with van der Waals surface area (Å²) < 4.78 is 8.79. The Morgan fingerprint density at radius 2 is 1.92 bits per heavy atom. The Morgan fingerprint density at radius 3 is 2.31 bits per heavy atom. The average molecular weight is 300 g/mol. The van der Waals surface area contributed by atoms with Gasteiger partial charge in [-0.25, -0.2) is 0 Å². The van der Waals surface area contributed by atoms with Crippen LogP contribution in [0.25, 0.3) is 0 Å². The molecular formula is C8H13IO4. The lowest BCUT2D eigenvalue weighted by atomic mass is 10.1. The van der Waals surface area contributed by atoms with Gasteiger partial charge in [-0.05, 0) is 6.92 Å². The van der Waals surface area contributed by atoms with E-state index in [2.05, 4.69) is 4.74 Å². The summed E-state index contributed by atoms with van der Waals surface area (Å²) in [6.07, 6.45) is 0. The van der Waals surface area contributed by atoms with Crippen LogP contribution in [0, 0.1) is 5.92 Å². The van der Waals surface area contributed by atoms with E-state index in [-0.39, 0.29) is 5.97 Å². The number of hydrogen-bond donors (Lipinski definition) is 0. The van der Waals surface area contributed by atoms with Gasteiger partial charge in [-0.3, -0.25) is 9.59 Å². The maximum atomic E-state index is 11.2. The van der Waals surface area contributed by atoms with Gasteiger partial charge in [-0.15, -0.1) is 0 Å². The lowest BCUT2D eigenvalue weighted by molar-refractivity contribution is -0.151. The highest BCUT2D eigenvalue weighted by Gasteiger charge is 2.29. The Morgan fingerprint density at radius 1 is 1.38 bits per heavy atom. The molecule has 2 atom stereocenters. The van der Waals surface area contributed by atoms with Crippen molar-refractivity contribution in [2.75, 3.05) is 13.7 Å². The molecule has 0 radical (unpaired) electrons. The minimum atomic E-state index is -0.481. The van der Waals surface area contributed by atoms with Crippen LogP contribution < -0.4 is 0 Å². The Bertz CT molecular complexity index is 193. The number of halogens is 1. The Kier molecular flexibility index (Phi) is 6.02. The maximum Gasteiger partial charge on any atom is 0.319 e. The van der Waals surface area contributed by atoms with Crippen LogP contribution in [0.5, 0.6) is 0 Å². The third-order valence-electron chi connectivity index (χ3n) is 1.52. The molecule has 0 aromatic carbocycles. The fourth-order valence-corrected chi connectivity index (χ4v) is 1.20. The van der Waals surface area contributed by atoms with Crippen molar-refractivity contribution in [2.24, 2.45) is 5.92 Å². The molecule has 0 rings (SSSR count). The third-order valence-corrected chi connectivity index (χ3v) is 3.11. The Labute approximate surface area is 91.1 Å². The molecule has 5 heteroatoms. The highest BCUT2D eigenvalue weighted by Crippen LogP contribution is 2.16. The second kappa shape index (κ2) is 6.17. The van der Waals surface area contributed by atoms with E-state index in [1.54, 1.807) is 13.8 Å². The van der Waals surface area contributed by atoms with E-state index in [1.807, 2.05) is 22.6 Å². The predicted molar refractivity (Wildman–Crippen MR) is 55.6 cm³/mol. The van der Waals surface area contributed by atoms with E-state index in [0.717, 1.165) is 0 Å². The summed E-state index contributed by atoms with van der Waals surface area (Å²) in [5.41, 5.74) is 0. The summed E-state index contributed by atoms with van der Waals surface area (Å²) in [4.78, 5) is 22.2. The standard InChI is InChI=1S/C8H13IO4/c1-4-13-8(11)6(9)5(2)7(10)12-3/h5-6H,4H2,1-3H3/t5-,6+/m1/s1. The quantitative estimate of drug-likeness (QED) is 0.444. The van der Waals surface area contributed by atoms with E-state index >= 15 is 0 Å². The lowest BCUT2D eigenvalue weighted by Gasteiger charge is -2.14. The van der Waals surface area contributed by atoms with Crippen LogP contribution in [-0.2, 0) is 19.1 Å². The second-order valence-electron chi connectivity index (χ2n) is 2.47. The van der Waals surface area contributed by atoms with Crippen LogP contribution >= 0.6 is 22.6 Å². The zero-order valence-corrected chi connectivity index (χ0v) is 10.0. The summed E-state index contributed by atoms with van der Waals surface area (Å²) in [6, 6.07) is 0. The van der Waals surface area contributed by atoms with Crippen LogP contribution in [-0.4, -0.2) is 29.6 Å². The van der Waals surface area contributed by atoms with Crippen molar-refractivity contribution in [3.8, 4) is 0 Å². The Hall–Kier alpha value is -0.330. The van der Waals surface area contributed by atoms with Crippen molar-refractivity contribution in [3.05, 3.63) is 0 Å². The Balaban J connectivity index is 4.16. The summed E-state index contributed by atoms with van der Waals surface area (Å²) in [5.74, 6) is -1.24. The third kappa shape index (κ3) is 3.93. The van der Waals surface area contributed by atoms with Crippen molar-refractivity contribution < 1.29 is 19.1 Å². The molecule has 0 amide bonds. The molecule has 0 heterocycles. The van der Waals surface area contributed by atoms with Crippen molar-refractivity contribution in [1.29, 1.82) is 0 Å². The SMILES string of the molecule is CCOC(=O)[C@@H](I)[C@@H](C)C(=O)OC. The predicted octanol–water partition coefficient (Wildman–Crippen LogP) is 1.16. The normalized spacial score (nSPS) is 14.5. The highest BCUT2D eigenvalue weighted by molar-refractivity contribution is 14.1. The summed E-state index contributed by atoms with van der Waals surface area (Å²) in [6.45, 7) is 3.69. The van der Waals surface area contributed by atoms with Crippen molar-refractivity contribution in [1.82, 2.24) is 0 Å². The smallest absolute Gasteiger partial charge is 0.319 e. The molecule has 0 unspecified atom stereocenters. The lowest BCUT2D eigenvalue weighted by Crippen LogP contribution is -2.30. The van der Waals surface area contributed by atoms with Gasteiger partial charge < -0.3 is 9.47 Å². The van der Waals surface area contributed by atoms with Gasteiger partial charge in [0.25, 0.3) is 0 Å². The van der Waals surface area contributed by atoms with E-state index < -0.39 is 15.8 Å². The average Bonchev–Trinajstić information content (AvgIpc) is 2.14. The van der Waals surface area contributed by atoms with Crippen LogP contribution in [0.2, 0.25) is 0 Å². The van der Waals surface area contributed by atoms with Crippen molar-refractivity contribution in [3.63, 3.8) is 0 Å². The van der Waals surface area contributed by atoms with Crippen molar-refractivity contribution in [2.45, 2.75) is 17.8 Å². The number of esters is 2. The van der Waals surface area contributed by atoms with Crippen LogP contribution in [0.15, 0.2) is 0 Å². The molecule has 0 aromatic heterocycles. The van der Waals surface area contributed by atoms with Gasteiger partial charge in [0, 0.05) is 0 Å². The topological polar surface area (TPSA) is 52.6 Å². The number of carbonyl (C=O) groups is 2. The molecule has 0 aliphatic rings. The van der Waals surface area contributed by atoms with E-state index in [1.165, 1.54) is 7.11 Å². The molecule has 0 aliphatic carbocycles. The van der Waals surface area contributed by atoms with Crippen molar-refractivity contribution >= 4 is 34.5 Å². The molecule has 0 spiro atoms. The molecule has 0 fully saturated rings. The molecule has 0 N–H and O–H groups in total. The molecule has 13 heavy (non-hydrogen) atoms. The van der Waals surface area contributed by atoms with E-state index in [4.69, 9.17) is 4.74 Å². The van der Waals surface area contributed by atoms with Gasteiger partial charge >= 0.3 is 11.9 Å². The summed E-state index contributed by atoms with van der Waals surface area (Å²) in [7, 11) is 1.30. The molecule has 0 aromatic rings. The zero-order chi connectivity index (χ0) is 10.4. The van der Waals surface area contributed by atoms with Crippen LogP contribution in [0.4, 0.5) is 0 Å². The first-order valence-electron chi connectivity index (χ1n) is 3.93. The molecular weight excluding hydrogens is 287 g/mol. The first-order valence-corrected chi connectivity index (χ1v) is 5.17. The summed E-state index contributed by atoms with van der Waals surface area (Å²) in [5, 5.41) is 0.